The maximum Gasteiger partial charge on any atom is 0.232 e. The third kappa shape index (κ3) is 3.58. The maximum atomic E-state index is 12.5. The minimum Gasteiger partial charge on any atom is -0.389 e. The minimum absolute atomic E-state index is 0.189. The molecular formula is C17H26N2O3S. The minimum atomic E-state index is -0.515. The largest absolute Gasteiger partial charge is 0.389 e. The topological polar surface area (TPSA) is 66.6 Å². The summed E-state index contributed by atoms with van der Waals surface area (Å²) in [5, 5.41) is 14.6. The van der Waals surface area contributed by atoms with Crippen LogP contribution in [0.25, 0.3) is 0 Å². The Morgan fingerprint density at radius 1 is 1.43 bits per heavy atom. The first kappa shape index (κ1) is 16.8. The van der Waals surface area contributed by atoms with E-state index in [-0.39, 0.29) is 11.8 Å². The van der Waals surface area contributed by atoms with E-state index in [2.05, 4.69) is 5.16 Å². The molecule has 1 saturated carbocycles. The standard InChI is InChI=1S/C17H26N2O3S/c1-12-15(13(2)22-18-12)10-23-11-16(20)19-8-7-17(21)6-4-3-5-14(17)9-19/h14,21H,3-11H2,1-2H3/t14-,17-/m1/s1. The van der Waals surface area contributed by atoms with Gasteiger partial charge in [0.05, 0.1) is 17.0 Å². The third-order valence-corrected chi connectivity index (χ3v) is 6.38. The number of thioether (sulfide) groups is 1. The molecule has 0 radical (unpaired) electrons. The Bertz CT molecular complexity index is 555. The molecule has 1 saturated heterocycles. The monoisotopic (exact) mass is 338 g/mol. The second-order valence-electron chi connectivity index (χ2n) is 6.93. The molecule has 0 bridgehead atoms. The first-order chi connectivity index (χ1) is 11.0. The number of amides is 1. The van der Waals surface area contributed by atoms with Gasteiger partial charge >= 0.3 is 0 Å². The van der Waals surface area contributed by atoms with Crippen molar-refractivity contribution >= 4 is 17.7 Å². The van der Waals surface area contributed by atoms with Crippen LogP contribution >= 0.6 is 11.8 Å². The number of hydrogen-bond donors (Lipinski definition) is 1. The van der Waals surface area contributed by atoms with E-state index in [4.69, 9.17) is 4.52 Å². The van der Waals surface area contributed by atoms with Crippen molar-refractivity contribution in [2.75, 3.05) is 18.8 Å². The number of aromatic nitrogens is 1. The quantitative estimate of drug-likeness (QED) is 0.914. The summed E-state index contributed by atoms with van der Waals surface area (Å²) in [6.07, 6.45) is 4.98. The molecule has 0 spiro atoms. The highest BCUT2D eigenvalue weighted by Gasteiger charge is 2.43. The van der Waals surface area contributed by atoms with E-state index >= 15 is 0 Å². The highest BCUT2D eigenvalue weighted by atomic mass is 32.2. The Morgan fingerprint density at radius 2 is 2.26 bits per heavy atom. The summed E-state index contributed by atoms with van der Waals surface area (Å²) in [7, 11) is 0. The Labute approximate surface area is 141 Å². The molecule has 2 atom stereocenters. The predicted octanol–water partition coefficient (Wildman–Crippen LogP) is 2.68. The Balaban J connectivity index is 1.49. The summed E-state index contributed by atoms with van der Waals surface area (Å²) in [6, 6.07) is 0. The maximum absolute atomic E-state index is 12.5. The number of carbonyl (C=O) groups excluding carboxylic acids is 1. The van der Waals surface area contributed by atoms with Crippen LogP contribution in [0.2, 0.25) is 0 Å². The number of piperidine rings is 1. The zero-order chi connectivity index (χ0) is 16.4. The summed E-state index contributed by atoms with van der Waals surface area (Å²) >= 11 is 1.62. The number of hydrogen-bond acceptors (Lipinski definition) is 5. The van der Waals surface area contributed by atoms with Crippen molar-refractivity contribution in [1.82, 2.24) is 10.1 Å². The van der Waals surface area contributed by atoms with Crippen molar-refractivity contribution in [3.8, 4) is 0 Å². The first-order valence-electron chi connectivity index (χ1n) is 8.49. The van der Waals surface area contributed by atoms with Crippen molar-refractivity contribution < 1.29 is 14.4 Å². The van der Waals surface area contributed by atoms with Crippen LogP contribution in [0.1, 0.15) is 49.1 Å². The van der Waals surface area contributed by atoms with E-state index in [1.807, 2.05) is 18.7 Å². The molecule has 6 heteroatoms. The van der Waals surface area contributed by atoms with Crippen molar-refractivity contribution in [2.24, 2.45) is 5.92 Å². The van der Waals surface area contributed by atoms with Crippen molar-refractivity contribution in [3.05, 3.63) is 17.0 Å². The SMILES string of the molecule is Cc1noc(C)c1CSCC(=O)N1CC[C@]2(O)CCCC[C@@H]2C1. The molecule has 1 aliphatic carbocycles. The van der Waals surface area contributed by atoms with Gasteiger partial charge in [0.2, 0.25) is 5.91 Å². The zero-order valence-corrected chi connectivity index (χ0v) is 14.8. The van der Waals surface area contributed by atoms with Crippen LogP contribution in [0.5, 0.6) is 0 Å². The molecule has 0 aromatic carbocycles. The predicted molar refractivity (Wildman–Crippen MR) is 90.2 cm³/mol. The van der Waals surface area contributed by atoms with Gasteiger partial charge in [0.15, 0.2) is 0 Å². The molecule has 1 aliphatic heterocycles. The van der Waals surface area contributed by atoms with Crippen molar-refractivity contribution in [3.63, 3.8) is 0 Å². The van der Waals surface area contributed by atoms with Gasteiger partial charge in [-0.25, -0.2) is 0 Å². The molecule has 1 aromatic rings. The van der Waals surface area contributed by atoms with E-state index in [9.17, 15) is 9.90 Å². The molecule has 2 aliphatic rings. The lowest BCUT2D eigenvalue weighted by molar-refractivity contribution is -0.140. The number of fused-ring (bicyclic) bond motifs is 1. The molecule has 0 unspecified atom stereocenters. The summed E-state index contributed by atoms with van der Waals surface area (Å²) < 4.78 is 5.15. The van der Waals surface area contributed by atoms with E-state index in [0.29, 0.717) is 12.3 Å². The lowest BCUT2D eigenvalue weighted by atomic mass is 9.71. The fraction of sp³-hybridized carbons (Fsp3) is 0.765. The van der Waals surface area contributed by atoms with E-state index in [1.165, 1.54) is 6.42 Å². The Hall–Kier alpha value is -1.01. The van der Waals surface area contributed by atoms with Crippen molar-refractivity contribution in [2.45, 2.75) is 57.3 Å². The smallest absolute Gasteiger partial charge is 0.232 e. The van der Waals surface area contributed by atoms with Crippen LogP contribution < -0.4 is 0 Å². The number of likely N-dealkylation sites (tertiary alicyclic amines) is 1. The Morgan fingerprint density at radius 3 is 3.00 bits per heavy atom. The van der Waals surface area contributed by atoms with Gasteiger partial charge in [0.1, 0.15) is 5.76 Å². The van der Waals surface area contributed by atoms with Gasteiger partial charge in [-0.15, -0.1) is 11.8 Å². The summed E-state index contributed by atoms with van der Waals surface area (Å²) in [5.41, 5.74) is 1.49. The molecule has 1 N–H and O–H groups in total. The fourth-order valence-electron chi connectivity index (χ4n) is 3.84. The summed E-state index contributed by atoms with van der Waals surface area (Å²) in [6.45, 7) is 5.26. The first-order valence-corrected chi connectivity index (χ1v) is 9.65. The number of aryl methyl sites for hydroxylation is 2. The van der Waals surface area contributed by atoms with E-state index in [1.54, 1.807) is 11.8 Å². The van der Waals surface area contributed by atoms with Gasteiger partial charge in [-0.3, -0.25) is 4.79 Å². The summed E-state index contributed by atoms with van der Waals surface area (Å²) in [5.74, 6) is 2.53. The molecular weight excluding hydrogens is 312 g/mol. The van der Waals surface area contributed by atoms with Crippen LogP contribution in [-0.2, 0) is 10.5 Å². The van der Waals surface area contributed by atoms with Crippen LogP contribution in [0, 0.1) is 19.8 Å². The number of rotatable bonds is 4. The molecule has 128 valence electrons. The normalized spacial score (nSPS) is 27.8. The van der Waals surface area contributed by atoms with Gasteiger partial charge in [-0.2, -0.15) is 0 Å². The lowest BCUT2D eigenvalue weighted by Crippen LogP contribution is -2.55. The second-order valence-corrected chi connectivity index (χ2v) is 7.92. The van der Waals surface area contributed by atoms with Gasteiger partial charge in [0, 0.05) is 30.3 Å². The van der Waals surface area contributed by atoms with Gasteiger partial charge in [-0.1, -0.05) is 18.0 Å². The molecule has 5 nitrogen and oxygen atoms in total. The van der Waals surface area contributed by atoms with E-state index in [0.717, 1.165) is 55.0 Å². The zero-order valence-electron chi connectivity index (χ0n) is 14.0. The molecule has 2 heterocycles. The highest BCUT2D eigenvalue weighted by molar-refractivity contribution is 7.99. The molecule has 1 aromatic heterocycles. The third-order valence-electron chi connectivity index (χ3n) is 5.43. The molecule has 2 fully saturated rings. The fourth-order valence-corrected chi connectivity index (χ4v) is 4.91. The van der Waals surface area contributed by atoms with Crippen LogP contribution in [0.4, 0.5) is 0 Å². The average Bonchev–Trinajstić information content (AvgIpc) is 2.85. The van der Waals surface area contributed by atoms with Crippen LogP contribution in [-0.4, -0.2) is 45.5 Å². The average molecular weight is 338 g/mol. The second kappa shape index (κ2) is 6.85. The number of carbonyl (C=O) groups is 1. The molecule has 1 amide bonds. The summed E-state index contributed by atoms with van der Waals surface area (Å²) in [4.78, 5) is 14.4. The van der Waals surface area contributed by atoms with Gasteiger partial charge < -0.3 is 14.5 Å². The van der Waals surface area contributed by atoms with Crippen LogP contribution in [0.3, 0.4) is 0 Å². The number of nitrogens with zero attached hydrogens (tertiary/aromatic N) is 2. The number of aliphatic hydroxyl groups is 1. The van der Waals surface area contributed by atoms with Crippen LogP contribution in [0.15, 0.2) is 4.52 Å². The van der Waals surface area contributed by atoms with Gasteiger partial charge in [0.25, 0.3) is 0 Å². The lowest BCUT2D eigenvalue weighted by Gasteiger charge is -2.47. The molecule has 23 heavy (non-hydrogen) atoms. The van der Waals surface area contributed by atoms with Crippen molar-refractivity contribution in [1.29, 1.82) is 0 Å². The van der Waals surface area contributed by atoms with E-state index < -0.39 is 5.60 Å². The Kier molecular flexibility index (Phi) is 5.01. The molecule has 3 rings (SSSR count). The highest BCUT2D eigenvalue weighted by Crippen LogP contribution is 2.39. The van der Waals surface area contributed by atoms with Gasteiger partial charge in [-0.05, 0) is 33.1 Å².